The lowest BCUT2D eigenvalue weighted by molar-refractivity contribution is 0.112. The Morgan fingerprint density at radius 2 is 1.67 bits per heavy atom. The van der Waals surface area contributed by atoms with Gasteiger partial charge in [0.1, 0.15) is 18.6 Å². The zero-order valence-corrected chi connectivity index (χ0v) is 12.4. The third-order valence-electron chi connectivity index (χ3n) is 3.14. The summed E-state index contributed by atoms with van der Waals surface area (Å²) in [5.41, 5.74) is 2.61. The second-order valence-electron chi connectivity index (χ2n) is 4.63. The number of hydrogen-bond acceptors (Lipinski definition) is 4. The van der Waals surface area contributed by atoms with Gasteiger partial charge in [0, 0.05) is 11.1 Å². The van der Waals surface area contributed by atoms with Crippen LogP contribution in [0.3, 0.4) is 0 Å². The molecule has 0 radical (unpaired) electrons. The molecule has 0 aromatic heterocycles. The van der Waals surface area contributed by atoms with E-state index in [2.05, 4.69) is 0 Å². The fourth-order valence-corrected chi connectivity index (χ4v) is 2.06. The zero-order valence-electron chi connectivity index (χ0n) is 12.4. The standard InChI is InChI=1S/C17H18O4/c1-12-4-6-15(19-2)14(8-12)11-21-17-9-13(10-18)5-7-16(17)20-3/h4-10H,11H2,1-3H3. The zero-order chi connectivity index (χ0) is 15.2. The second kappa shape index (κ2) is 6.79. The number of methoxy groups -OCH3 is 2. The van der Waals surface area contributed by atoms with E-state index in [4.69, 9.17) is 14.2 Å². The van der Waals surface area contributed by atoms with E-state index in [0.29, 0.717) is 23.7 Å². The van der Waals surface area contributed by atoms with E-state index in [9.17, 15) is 4.79 Å². The molecule has 0 saturated heterocycles. The second-order valence-corrected chi connectivity index (χ2v) is 4.63. The maximum Gasteiger partial charge on any atom is 0.162 e. The Kier molecular flexibility index (Phi) is 4.82. The molecule has 0 bridgehead atoms. The average molecular weight is 286 g/mol. The van der Waals surface area contributed by atoms with Gasteiger partial charge in [0.15, 0.2) is 11.5 Å². The molecule has 2 rings (SSSR count). The average Bonchev–Trinajstić information content (AvgIpc) is 2.52. The third kappa shape index (κ3) is 3.54. The first-order chi connectivity index (χ1) is 10.2. The molecule has 2 aromatic rings. The summed E-state index contributed by atoms with van der Waals surface area (Å²) in [6.45, 7) is 2.35. The first kappa shape index (κ1) is 14.9. The van der Waals surface area contributed by atoms with Gasteiger partial charge in [-0.2, -0.15) is 0 Å². The molecular weight excluding hydrogens is 268 g/mol. The van der Waals surface area contributed by atoms with Crippen molar-refractivity contribution in [1.82, 2.24) is 0 Å². The molecule has 0 N–H and O–H groups in total. The summed E-state index contributed by atoms with van der Waals surface area (Å²) in [5, 5.41) is 0. The van der Waals surface area contributed by atoms with Crippen LogP contribution >= 0.6 is 0 Å². The normalized spacial score (nSPS) is 10.0. The van der Waals surface area contributed by atoms with Crippen molar-refractivity contribution in [2.75, 3.05) is 14.2 Å². The molecule has 4 heteroatoms. The Labute approximate surface area is 124 Å². The van der Waals surface area contributed by atoms with Crippen LogP contribution in [0.5, 0.6) is 17.2 Å². The van der Waals surface area contributed by atoms with Gasteiger partial charge in [-0.25, -0.2) is 0 Å². The van der Waals surface area contributed by atoms with Gasteiger partial charge in [-0.1, -0.05) is 11.6 Å². The summed E-state index contributed by atoms with van der Waals surface area (Å²) in [5.74, 6) is 1.89. The van der Waals surface area contributed by atoms with Gasteiger partial charge in [0.05, 0.1) is 14.2 Å². The summed E-state index contributed by atoms with van der Waals surface area (Å²) in [6.07, 6.45) is 0.777. The lowest BCUT2D eigenvalue weighted by Gasteiger charge is -2.13. The molecule has 110 valence electrons. The minimum absolute atomic E-state index is 0.337. The van der Waals surface area contributed by atoms with Gasteiger partial charge in [-0.3, -0.25) is 4.79 Å². The highest BCUT2D eigenvalue weighted by molar-refractivity contribution is 5.76. The summed E-state index contributed by atoms with van der Waals surface area (Å²) in [6, 6.07) is 11.0. The summed E-state index contributed by atoms with van der Waals surface area (Å²) >= 11 is 0. The summed E-state index contributed by atoms with van der Waals surface area (Å²) in [7, 11) is 3.19. The molecule has 0 unspecified atom stereocenters. The Morgan fingerprint density at radius 3 is 2.33 bits per heavy atom. The SMILES string of the molecule is COc1ccc(C)cc1COc1cc(C=O)ccc1OC. The Hall–Kier alpha value is -2.49. The molecule has 2 aromatic carbocycles. The fraction of sp³-hybridized carbons (Fsp3) is 0.235. The Morgan fingerprint density at radius 1 is 0.952 bits per heavy atom. The fourth-order valence-electron chi connectivity index (χ4n) is 2.06. The van der Waals surface area contributed by atoms with E-state index in [0.717, 1.165) is 23.2 Å². The number of hydrogen-bond donors (Lipinski definition) is 0. The first-order valence-electron chi connectivity index (χ1n) is 6.57. The van der Waals surface area contributed by atoms with E-state index < -0.39 is 0 Å². The van der Waals surface area contributed by atoms with Crippen molar-refractivity contribution < 1.29 is 19.0 Å². The Balaban J connectivity index is 2.23. The first-order valence-corrected chi connectivity index (χ1v) is 6.57. The predicted molar refractivity (Wildman–Crippen MR) is 80.4 cm³/mol. The maximum absolute atomic E-state index is 10.9. The molecule has 21 heavy (non-hydrogen) atoms. The topological polar surface area (TPSA) is 44.8 Å². The van der Waals surface area contributed by atoms with Gasteiger partial charge in [-0.15, -0.1) is 0 Å². The summed E-state index contributed by atoms with van der Waals surface area (Å²) in [4.78, 5) is 10.9. The van der Waals surface area contributed by atoms with Crippen LogP contribution in [0.15, 0.2) is 36.4 Å². The van der Waals surface area contributed by atoms with Gasteiger partial charge in [-0.05, 0) is 37.3 Å². The van der Waals surface area contributed by atoms with Crippen LogP contribution in [0, 0.1) is 6.92 Å². The smallest absolute Gasteiger partial charge is 0.162 e. The van der Waals surface area contributed by atoms with Crippen LogP contribution in [-0.2, 0) is 6.61 Å². The van der Waals surface area contributed by atoms with Crippen molar-refractivity contribution in [3.63, 3.8) is 0 Å². The molecule has 4 nitrogen and oxygen atoms in total. The molecule has 0 aliphatic heterocycles. The highest BCUT2D eigenvalue weighted by Gasteiger charge is 2.09. The highest BCUT2D eigenvalue weighted by Crippen LogP contribution is 2.29. The molecule has 0 heterocycles. The van der Waals surface area contributed by atoms with Crippen LogP contribution in [0.4, 0.5) is 0 Å². The van der Waals surface area contributed by atoms with E-state index in [1.807, 2.05) is 25.1 Å². The number of benzene rings is 2. The molecular formula is C17H18O4. The Bertz CT molecular complexity index is 635. The van der Waals surface area contributed by atoms with Gasteiger partial charge < -0.3 is 14.2 Å². The van der Waals surface area contributed by atoms with E-state index in [1.165, 1.54) is 0 Å². The minimum Gasteiger partial charge on any atom is -0.496 e. The third-order valence-corrected chi connectivity index (χ3v) is 3.14. The van der Waals surface area contributed by atoms with Crippen LogP contribution in [0.25, 0.3) is 0 Å². The van der Waals surface area contributed by atoms with Crippen LogP contribution < -0.4 is 14.2 Å². The molecule has 0 amide bonds. The van der Waals surface area contributed by atoms with Crippen molar-refractivity contribution in [3.05, 3.63) is 53.1 Å². The number of carbonyl (C=O) groups is 1. The number of aryl methyl sites for hydroxylation is 1. The van der Waals surface area contributed by atoms with Crippen molar-refractivity contribution in [3.8, 4) is 17.2 Å². The van der Waals surface area contributed by atoms with Crippen molar-refractivity contribution in [2.45, 2.75) is 13.5 Å². The van der Waals surface area contributed by atoms with Crippen molar-refractivity contribution >= 4 is 6.29 Å². The van der Waals surface area contributed by atoms with E-state index in [-0.39, 0.29) is 0 Å². The molecule has 0 atom stereocenters. The molecule has 0 spiro atoms. The lowest BCUT2D eigenvalue weighted by Crippen LogP contribution is -2.01. The number of aldehydes is 1. The van der Waals surface area contributed by atoms with Crippen LogP contribution in [0.2, 0.25) is 0 Å². The molecule has 0 aliphatic carbocycles. The number of rotatable bonds is 6. The quantitative estimate of drug-likeness (QED) is 0.763. The monoisotopic (exact) mass is 286 g/mol. The van der Waals surface area contributed by atoms with Crippen LogP contribution in [0.1, 0.15) is 21.5 Å². The highest BCUT2D eigenvalue weighted by atomic mass is 16.5. The van der Waals surface area contributed by atoms with E-state index >= 15 is 0 Å². The largest absolute Gasteiger partial charge is 0.496 e. The van der Waals surface area contributed by atoms with Gasteiger partial charge >= 0.3 is 0 Å². The van der Waals surface area contributed by atoms with Gasteiger partial charge in [0.2, 0.25) is 0 Å². The number of carbonyl (C=O) groups excluding carboxylic acids is 1. The summed E-state index contributed by atoms with van der Waals surface area (Å²) < 4.78 is 16.4. The van der Waals surface area contributed by atoms with Crippen LogP contribution in [-0.4, -0.2) is 20.5 Å². The number of ether oxygens (including phenoxy) is 3. The molecule has 0 saturated carbocycles. The predicted octanol–water partition coefficient (Wildman–Crippen LogP) is 3.40. The van der Waals surface area contributed by atoms with E-state index in [1.54, 1.807) is 32.4 Å². The minimum atomic E-state index is 0.337. The van der Waals surface area contributed by atoms with Crippen molar-refractivity contribution in [1.29, 1.82) is 0 Å². The maximum atomic E-state index is 10.9. The van der Waals surface area contributed by atoms with Crippen molar-refractivity contribution in [2.24, 2.45) is 0 Å². The molecule has 0 fully saturated rings. The molecule has 0 aliphatic rings. The van der Waals surface area contributed by atoms with Gasteiger partial charge in [0.25, 0.3) is 0 Å². The lowest BCUT2D eigenvalue weighted by atomic mass is 10.1.